The summed E-state index contributed by atoms with van der Waals surface area (Å²) in [5, 5.41) is 6.25. The highest BCUT2D eigenvalue weighted by Gasteiger charge is 2.12. The molecule has 2 N–H and O–H groups in total. The van der Waals surface area contributed by atoms with Crippen LogP contribution < -0.4 is 5.73 Å². The molecule has 0 spiro atoms. The average molecular weight is 289 g/mol. The molecule has 5 heteroatoms. The van der Waals surface area contributed by atoms with Gasteiger partial charge in [0.05, 0.1) is 12.2 Å². The van der Waals surface area contributed by atoms with Gasteiger partial charge in [0.25, 0.3) is 0 Å². The third kappa shape index (κ3) is 2.11. The van der Waals surface area contributed by atoms with Crippen LogP contribution in [0.1, 0.15) is 16.8 Å². The molecule has 104 valence electrons. The van der Waals surface area contributed by atoms with Crippen molar-refractivity contribution in [1.29, 1.82) is 0 Å². The van der Waals surface area contributed by atoms with Gasteiger partial charge in [-0.25, -0.2) is 0 Å². The number of hydrogen-bond donors (Lipinski definition) is 1. The summed E-state index contributed by atoms with van der Waals surface area (Å²) in [6.45, 7) is 3.28. The van der Waals surface area contributed by atoms with Gasteiger partial charge in [-0.3, -0.25) is 4.68 Å². The standard InChI is InChI=1S/C15H17ClN4/c1-10-13(15(16)19(2)18-10)9-20-6-5-12-7-11(8-17)3-4-14(12)20/h3-7H,8-9,17H2,1-2H3. The van der Waals surface area contributed by atoms with Crippen molar-refractivity contribution in [3.63, 3.8) is 0 Å². The van der Waals surface area contributed by atoms with Crippen LogP contribution >= 0.6 is 11.6 Å². The van der Waals surface area contributed by atoms with Crippen molar-refractivity contribution >= 4 is 22.5 Å². The molecule has 20 heavy (non-hydrogen) atoms. The normalized spacial score (nSPS) is 11.4. The van der Waals surface area contributed by atoms with Gasteiger partial charge in [0.15, 0.2) is 0 Å². The summed E-state index contributed by atoms with van der Waals surface area (Å²) in [6, 6.07) is 8.41. The molecule has 1 aromatic carbocycles. The largest absolute Gasteiger partial charge is 0.343 e. The monoisotopic (exact) mass is 288 g/mol. The highest BCUT2D eigenvalue weighted by Crippen LogP contribution is 2.23. The molecule has 3 aromatic rings. The first-order valence-corrected chi connectivity index (χ1v) is 6.93. The van der Waals surface area contributed by atoms with E-state index >= 15 is 0 Å². The average Bonchev–Trinajstić information content (AvgIpc) is 2.95. The van der Waals surface area contributed by atoms with E-state index in [1.165, 1.54) is 10.9 Å². The van der Waals surface area contributed by atoms with Crippen molar-refractivity contribution in [2.45, 2.75) is 20.0 Å². The molecule has 0 saturated heterocycles. The number of fused-ring (bicyclic) bond motifs is 1. The molecule has 3 rings (SSSR count). The highest BCUT2D eigenvalue weighted by molar-refractivity contribution is 6.30. The van der Waals surface area contributed by atoms with Crippen LogP contribution in [0.4, 0.5) is 0 Å². The lowest BCUT2D eigenvalue weighted by atomic mass is 10.1. The van der Waals surface area contributed by atoms with Gasteiger partial charge < -0.3 is 10.3 Å². The molecule has 0 unspecified atom stereocenters. The van der Waals surface area contributed by atoms with Gasteiger partial charge >= 0.3 is 0 Å². The van der Waals surface area contributed by atoms with Crippen LogP contribution in [0.5, 0.6) is 0 Å². The third-order valence-corrected chi connectivity index (χ3v) is 4.14. The zero-order valence-corrected chi connectivity index (χ0v) is 12.4. The maximum atomic E-state index is 6.30. The predicted octanol–water partition coefficient (Wildman–Crippen LogP) is 2.84. The van der Waals surface area contributed by atoms with Gasteiger partial charge in [-0.2, -0.15) is 5.10 Å². The highest BCUT2D eigenvalue weighted by atomic mass is 35.5. The van der Waals surface area contributed by atoms with E-state index in [-0.39, 0.29) is 0 Å². The van der Waals surface area contributed by atoms with E-state index in [1.54, 1.807) is 4.68 Å². The van der Waals surface area contributed by atoms with Gasteiger partial charge in [0.2, 0.25) is 0 Å². The minimum absolute atomic E-state index is 0.564. The summed E-state index contributed by atoms with van der Waals surface area (Å²) in [7, 11) is 1.86. The van der Waals surface area contributed by atoms with E-state index in [0.717, 1.165) is 23.4 Å². The minimum atomic E-state index is 0.564. The molecule has 0 bridgehead atoms. The summed E-state index contributed by atoms with van der Waals surface area (Å²) in [5.74, 6) is 0. The third-order valence-electron chi connectivity index (χ3n) is 3.67. The van der Waals surface area contributed by atoms with Crippen LogP contribution in [0.15, 0.2) is 30.5 Å². The van der Waals surface area contributed by atoms with E-state index in [2.05, 4.69) is 40.1 Å². The van der Waals surface area contributed by atoms with Gasteiger partial charge in [-0.1, -0.05) is 17.7 Å². The first-order valence-electron chi connectivity index (χ1n) is 6.56. The van der Waals surface area contributed by atoms with Crippen molar-refractivity contribution in [2.75, 3.05) is 0 Å². The maximum absolute atomic E-state index is 6.30. The molecule has 0 amide bonds. The quantitative estimate of drug-likeness (QED) is 0.806. The predicted molar refractivity (Wildman–Crippen MR) is 81.9 cm³/mol. The Morgan fingerprint density at radius 1 is 1.30 bits per heavy atom. The van der Waals surface area contributed by atoms with Crippen LogP contribution in [0.3, 0.4) is 0 Å². The number of aromatic nitrogens is 3. The molecule has 0 radical (unpaired) electrons. The molecule has 0 atom stereocenters. The fourth-order valence-electron chi connectivity index (χ4n) is 2.54. The second-order valence-corrected chi connectivity index (χ2v) is 5.38. The number of rotatable bonds is 3. The maximum Gasteiger partial charge on any atom is 0.131 e. The number of benzene rings is 1. The summed E-state index contributed by atoms with van der Waals surface area (Å²) in [5.41, 5.74) is 10.0. The van der Waals surface area contributed by atoms with Gasteiger partial charge in [0.1, 0.15) is 5.15 Å². The lowest BCUT2D eigenvalue weighted by Gasteiger charge is -2.06. The molecule has 0 aliphatic rings. The lowest BCUT2D eigenvalue weighted by Crippen LogP contribution is -2.00. The van der Waals surface area contributed by atoms with Crippen molar-refractivity contribution in [1.82, 2.24) is 14.3 Å². The number of nitrogens with zero attached hydrogens (tertiary/aromatic N) is 3. The Kier molecular flexibility index (Phi) is 3.28. The van der Waals surface area contributed by atoms with Gasteiger partial charge in [0, 0.05) is 30.9 Å². The number of hydrogen-bond acceptors (Lipinski definition) is 2. The first kappa shape index (κ1) is 13.2. The Morgan fingerprint density at radius 2 is 2.10 bits per heavy atom. The second-order valence-electron chi connectivity index (χ2n) is 5.02. The van der Waals surface area contributed by atoms with Crippen LogP contribution in [0.25, 0.3) is 10.9 Å². The molecular weight excluding hydrogens is 272 g/mol. The molecule has 0 aliphatic heterocycles. The van der Waals surface area contributed by atoms with Crippen molar-refractivity contribution in [3.05, 3.63) is 52.4 Å². The van der Waals surface area contributed by atoms with E-state index in [1.807, 2.05) is 14.0 Å². The van der Waals surface area contributed by atoms with Crippen molar-refractivity contribution < 1.29 is 0 Å². The lowest BCUT2D eigenvalue weighted by molar-refractivity contribution is 0.757. The van der Waals surface area contributed by atoms with Gasteiger partial charge in [-0.15, -0.1) is 0 Å². The zero-order chi connectivity index (χ0) is 14.3. The molecule has 0 aliphatic carbocycles. The van der Waals surface area contributed by atoms with E-state index < -0.39 is 0 Å². The van der Waals surface area contributed by atoms with Crippen molar-refractivity contribution in [2.24, 2.45) is 12.8 Å². The summed E-state index contributed by atoms with van der Waals surface area (Å²) >= 11 is 6.30. The van der Waals surface area contributed by atoms with Crippen LogP contribution in [0, 0.1) is 6.92 Å². The van der Waals surface area contributed by atoms with Crippen LogP contribution in [0.2, 0.25) is 5.15 Å². The van der Waals surface area contributed by atoms with Crippen LogP contribution in [-0.2, 0) is 20.1 Å². The Balaban J connectivity index is 2.03. The fraction of sp³-hybridized carbons (Fsp3) is 0.267. The second kappa shape index (κ2) is 4.96. The molecule has 0 saturated carbocycles. The Morgan fingerprint density at radius 3 is 2.75 bits per heavy atom. The fourth-order valence-corrected chi connectivity index (χ4v) is 2.77. The summed E-state index contributed by atoms with van der Waals surface area (Å²) in [6.07, 6.45) is 2.08. The van der Waals surface area contributed by atoms with E-state index in [9.17, 15) is 0 Å². The topological polar surface area (TPSA) is 48.8 Å². The van der Waals surface area contributed by atoms with E-state index in [4.69, 9.17) is 17.3 Å². The summed E-state index contributed by atoms with van der Waals surface area (Å²) in [4.78, 5) is 0. The Bertz CT molecular complexity index is 770. The smallest absolute Gasteiger partial charge is 0.131 e. The number of halogens is 1. The number of nitrogens with two attached hydrogens (primary N) is 1. The molecular formula is C15H17ClN4. The number of aryl methyl sites for hydroxylation is 2. The molecule has 4 nitrogen and oxygen atoms in total. The Hall–Kier alpha value is -1.78. The molecule has 2 aromatic heterocycles. The zero-order valence-electron chi connectivity index (χ0n) is 11.6. The van der Waals surface area contributed by atoms with Crippen LogP contribution in [-0.4, -0.2) is 14.3 Å². The summed E-state index contributed by atoms with van der Waals surface area (Å²) < 4.78 is 3.90. The molecule has 2 heterocycles. The first-order chi connectivity index (χ1) is 9.60. The van der Waals surface area contributed by atoms with Crippen molar-refractivity contribution in [3.8, 4) is 0 Å². The Labute approximate surface area is 122 Å². The van der Waals surface area contributed by atoms with Gasteiger partial charge in [-0.05, 0) is 36.1 Å². The van der Waals surface area contributed by atoms with E-state index in [0.29, 0.717) is 11.7 Å². The minimum Gasteiger partial charge on any atom is -0.343 e. The molecule has 0 fully saturated rings. The SMILES string of the molecule is Cc1nn(C)c(Cl)c1Cn1ccc2cc(CN)ccc21.